The third-order valence-corrected chi connectivity index (χ3v) is 4.85. The number of nitrogens with two attached hydrogens (primary N) is 1. The first-order valence-corrected chi connectivity index (χ1v) is 11.7. The molecule has 0 heterocycles. The topological polar surface area (TPSA) is 92.4 Å². The number of primary amides is 1. The highest BCUT2D eigenvalue weighted by Crippen LogP contribution is 2.14. The molecule has 0 aromatic carbocycles. The lowest BCUT2D eigenvalue weighted by molar-refractivity contribution is -0.135. The number of likely N-dealkylation sites (N-methyl/N-ethyl adjacent to an activating group) is 1. The molecule has 0 aliphatic rings. The van der Waals surface area contributed by atoms with E-state index < -0.39 is 5.97 Å². The van der Waals surface area contributed by atoms with Crippen molar-refractivity contribution in [2.24, 2.45) is 5.73 Å². The number of amides is 1. The molecule has 0 aromatic rings. The summed E-state index contributed by atoms with van der Waals surface area (Å²) < 4.78 is 0. The van der Waals surface area contributed by atoms with Crippen LogP contribution in [0.4, 0.5) is 0 Å². The molecule has 4 N–H and O–H groups in total. The van der Waals surface area contributed by atoms with Crippen molar-refractivity contribution in [2.45, 2.75) is 122 Å². The highest BCUT2D eigenvalue weighted by Gasteiger charge is 1.96. The molecule has 0 bridgehead atoms. The van der Waals surface area contributed by atoms with E-state index in [0.717, 1.165) is 6.42 Å². The fraction of sp³-hybridized carbons (Fsp3) is 0.913. The second-order valence-corrected chi connectivity index (χ2v) is 7.80. The van der Waals surface area contributed by atoms with Gasteiger partial charge in [0.05, 0.1) is 6.54 Å². The van der Waals surface area contributed by atoms with Crippen molar-refractivity contribution in [1.82, 2.24) is 5.32 Å². The van der Waals surface area contributed by atoms with Crippen LogP contribution < -0.4 is 11.1 Å². The minimum Gasteiger partial charge on any atom is -0.480 e. The van der Waals surface area contributed by atoms with E-state index in [1.54, 1.807) is 7.05 Å². The summed E-state index contributed by atoms with van der Waals surface area (Å²) >= 11 is 0. The lowest BCUT2D eigenvalue weighted by Gasteiger charge is -2.03. The van der Waals surface area contributed by atoms with Gasteiger partial charge in [-0.25, -0.2) is 0 Å². The van der Waals surface area contributed by atoms with E-state index in [0.29, 0.717) is 6.42 Å². The average Bonchev–Trinajstić information content (AvgIpc) is 2.64. The number of carboxylic acid groups (broad SMARTS) is 1. The predicted octanol–water partition coefficient (Wildman–Crippen LogP) is 5.80. The Balaban J connectivity index is 0. The van der Waals surface area contributed by atoms with Crippen molar-refractivity contribution in [2.75, 3.05) is 13.6 Å². The van der Waals surface area contributed by atoms with Crippen LogP contribution in [0.25, 0.3) is 0 Å². The van der Waals surface area contributed by atoms with Gasteiger partial charge in [0.15, 0.2) is 0 Å². The second-order valence-electron chi connectivity index (χ2n) is 7.80. The number of hydrogen-bond donors (Lipinski definition) is 3. The van der Waals surface area contributed by atoms with Gasteiger partial charge in [-0.3, -0.25) is 9.59 Å². The maximum absolute atomic E-state index is 10.6. The summed E-state index contributed by atoms with van der Waals surface area (Å²) in [6, 6.07) is 0. The first-order valence-electron chi connectivity index (χ1n) is 11.7. The van der Waals surface area contributed by atoms with E-state index in [9.17, 15) is 9.59 Å². The fourth-order valence-electron chi connectivity index (χ4n) is 3.18. The van der Waals surface area contributed by atoms with Gasteiger partial charge in [-0.15, -0.1) is 0 Å². The molecule has 0 saturated heterocycles. The highest BCUT2D eigenvalue weighted by molar-refractivity contribution is 5.73. The highest BCUT2D eigenvalue weighted by atomic mass is 16.4. The van der Waals surface area contributed by atoms with E-state index in [1.807, 2.05) is 0 Å². The zero-order valence-electron chi connectivity index (χ0n) is 18.8. The Morgan fingerprint density at radius 2 is 1.00 bits per heavy atom. The number of rotatable bonds is 20. The summed E-state index contributed by atoms with van der Waals surface area (Å²) in [5.41, 5.74) is 5.12. The smallest absolute Gasteiger partial charge is 0.317 e. The minimum absolute atomic E-state index is 0.0417. The molecule has 0 fully saturated rings. The molecule has 1 amide bonds. The number of carboxylic acids is 1. The first kappa shape index (κ1) is 29.1. The molecule has 0 atom stereocenters. The third kappa shape index (κ3) is 32.6. The van der Waals surface area contributed by atoms with Gasteiger partial charge < -0.3 is 16.2 Å². The molecule has 5 nitrogen and oxygen atoms in total. The zero-order chi connectivity index (χ0) is 21.3. The van der Waals surface area contributed by atoms with Gasteiger partial charge in [0.25, 0.3) is 0 Å². The molecular formula is C23H48N2O3. The van der Waals surface area contributed by atoms with E-state index in [4.69, 9.17) is 10.8 Å². The number of nitrogens with one attached hydrogen (secondary N) is 1. The van der Waals surface area contributed by atoms with Crippen LogP contribution in [0.2, 0.25) is 0 Å². The Morgan fingerprint density at radius 3 is 1.21 bits per heavy atom. The van der Waals surface area contributed by atoms with Gasteiger partial charge in [0.2, 0.25) is 5.91 Å². The Labute approximate surface area is 174 Å². The van der Waals surface area contributed by atoms with Crippen LogP contribution in [0.15, 0.2) is 0 Å². The van der Waals surface area contributed by atoms with Gasteiger partial charge in [0, 0.05) is 6.42 Å². The Bertz CT molecular complexity index is 336. The quantitative estimate of drug-likeness (QED) is 0.225. The normalized spacial score (nSPS) is 10.4. The van der Waals surface area contributed by atoms with Crippen LogP contribution >= 0.6 is 0 Å². The summed E-state index contributed by atoms with van der Waals surface area (Å²) in [6.45, 7) is 2.32. The van der Waals surface area contributed by atoms with Crippen molar-refractivity contribution in [1.29, 1.82) is 0 Å². The summed E-state index contributed by atoms with van der Waals surface area (Å²) in [5.74, 6) is -0.974. The Hall–Kier alpha value is -1.10. The summed E-state index contributed by atoms with van der Waals surface area (Å²) in [6.07, 6.45) is 23.8. The van der Waals surface area contributed by atoms with Crippen LogP contribution in [0.1, 0.15) is 122 Å². The van der Waals surface area contributed by atoms with Crippen molar-refractivity contribution >= 4 is 11.9 Å². The van der Waals surface area contributed by atoms with Crippen LogP contribution in [0.5, 0.6) is 0 Å². The molecule has 0 aliphatic carbocycles. The second kappa shape index (κ2) is 25.9. The van der Waals surface area contributed by atoms with Crippen LogP contribution in [0.3, 0.4) is 0 Å². The molecule has 168 valence electrons. The number of carbonyl (C=O) groups is 2. The van der Waals surface area contributed by atoms with Gasteiger partial charge >= 0.3 is 5.97 Å². The molecule has 0 rings (SSSR count). The first-order chi connectivity index (χ1) is 13.5. The molecule has 28 heavy (non-hydrogen) atoms. The largest absolute Gasteiger partial charge is 0.480 e. The number of aliphatic carboxylic acids is 1. The van der Waals surface area contributed by atoms with E-state index in [-0.39, 0.29) is 12.5 Å². The number of carbonyl (C=O) groups excluding carboxylic acids is 1. The molecule has 0 spiro atoms. The molecule has 0 radical (unpaired) electrons. The van der Waals surface area contributed by atoms with Crippen molar-refractivity contribution in [3.05, 3.63) is 0 Å². The summed E-state index contributed by atoms with van der Waals surface area (Å²) in [5, 5.41) is 10.3. The standard InChI is InChI=1S/C20H41NO.C3H7NO2/c1-2-3-4-5-6-7-8-9-10-11-12-13-14-15-16-17-18-19-20(21)22;1-4-2-3(5)6/h2-19H2,1H3,(H2,21,22);4H,2H2,1H3,(H,5,6). The number of unbranched alkanes of at least 4 members (excludes halogenated alkanes) is 16. The van der Waals surface area contributed by atoms with E-state index in [2.05, 4.69) is 12.2 Å². The minimum atomic E-state index is -0.822. The predicted molar refractivity (Wildman–Crippen MR) is 120 cm³/mol. The lowest BCUT2D eigenvalue weighted by Crippen LogP contribution is -2.16. The average molecular weight is 401 g/mol. The Morgan fingerprint density at radius 1 is 0.679 bits per heavy atom. The van der Waals surface area contributed by atoms with Gasteiger partial charge in [0.1, 0.15) is 0 Å². The van der Waals surface area contributed by atoms with Crippen LogP contribution in [-0.2, 0) is 9.59 Å². The van der Waals surface area contributed by atoms with Gasteiger partial charge in [-0.05, 0) is 13.5 Å². The van der Waals surface area contributed by atoms with Gasteiger partial charge in [-0.1, -0.05) is 110 Å². The molecule has 5 heteroatoms. The molecular weight excluding hydrogens is 352 g/mol. The Kier molecular flexibility index (Phi) is 26.9. The zero-order valence-corrected chi connectivity index (χ0v) is 18.8. The van der Waals surface area contributed by atoms with Crippen molar-refractivity contribution in [3.8, 4) is 0 Å². The monoisotopic (exact) mass is 400 g/mol. The maximum Gasteiger partial charge on any atom is 0.317 e. The van der Waals surface area contributed by atoms with Crippen LogP contribution in [-0.4, -0.2) is 30.6 Å². The summed E-state index contributed by atoms with van der Waals surface area (Å²) in [4.78, 5) is 20.1. The van der Waals surface area contributed by atoms with Crippen molar-refractivity contribution in [3.63, 3.8) is 0 Å². The third-order valence-electron chi connectivity index (χ3n) is 4.85. The number of hydrogen-bond acceptors (Lipinski definition) is 3. The maximum atomic E-state index is 10.6. The van der Waals surface area contributed by atoms with E-state index >= 15 is 0 Å². The lowest BCUT2D eigenvalue weighted by atomic mass is 10.0. The van der Waals surface area contributed by atoms with Crippen molar-refractivity contribution < 1.29 is 14.7 Å². The summed E-state index contributed by atoms with van der Waals surface area (Å²) in [7, 11) is 1.59. The SMILES string of the molecule is CCCCCCCCCCCCCCCCCCCC(N)=O.CNCC(=O)O. The molecule has 0 aliphatic heterocycles. The molecule has 0 unspecified atom stereocenters. The molecule has 0 saturated carbocycles. The van der Waals surface area contributed by atoms with Gasteiger partial charge in [-0.2, -0.15) is 0 Å². The molecule has 0 aromatic heterocycles. The van der Waals surface area contributed by atoms with E-state index in [1.165, 1.54) is 103 Å². The fourth-order valence-corrected chi connectivity index (χ4v) is 3.18. The van der Waals surface area contributed by atoms with Crippen LogP contribution in [0, 0.1) is 0 Å².